The molecule has 0 radical (unpaired) electrons. The van der Waals surface area contributed by atoms with E-state index in [4.69, 9.17) is 5.11 Å². The van der Waals surface area contributed by atoms with Gasteiger partial charge in [-0.05, 0) is 18.2 Å². The molecule has 3 nitrogen and oxygen atoms in total. The number of alkyl halides is 2. The molecular formula is C11H9BrF3NO2. The van der Waals surface area contributed by atoms with Crippen LogP contribution >= 0.6 is 15.9 Å². The molecule has 1 amide bonds. The molecule has 0 bridgehead atoms. The summed E-state index contributed by atoms with van der Waals surface area (Å²) in [6.45, 7) is 3.17. The van der Waals surface area contributed by atoms with Crippen molar-refractivity contribution in [2.24, 2.45) is 0 Å². The van der Waals surface area contributed by atoms with E-state index in [1.165, 1.54) is 6.07 Å². The van der Waals surface area contributed by atoms with Gasteiger partial charge in [0, 0.05) is 10.0 Å². The van der Waals surface area contributed by atoms with E-state index in [0.717, 1.165) is 12.1 Å². The van der Waals surface area contributed by atoms with Crippen LogP contribution in [0.1, 0.15) is 5.56 Å². The lowest BCUT2D eigenvalue weighted by atomic mass is 9.90. The molecule has 1 aromatic carbocycles. The number of halogens is 4. The van der Waals surface area contributed by atoms with Gasteiger partial charge >= 0.3 is 6.09 Å². The highest BCUT2D eigenvalue weighted by Gasteiger charge is 2.42. The lowest BCUT2D eigenvalue weighted by Crippen LogP contribution is -2.49. The SMILES string of the molecule is C=CC(NC(=O)O)(c1cc(Br)ccc1F)C(F)F. The van der Waals surface area contributed by atoms with Crippen molar-refractivity contribution in [2.75, 3.05) is 0 Å². The van der Waals surface area contributed by atoms with Crippen molar-refractivity contribution in [2.45, 2.75) is 12.0 Å². The van der Waals surface area contributed by atoms with Crippen LogP contribution in [0.3, 0.4) is 0 Å². The van der Waals surface area contributed by atoms with E-state index in [1.54, 1.807) is 5.32 Å². The Kier molecular flexibility index (Phi) is 4.39. The molecular weight excluding hydrogens is 315 g/mol. The molecule has 1 unspecified atom stereocenters. The second kappa shape index (κ2) is 5.43. The third-order valence-electron chi connectivity index (χ3n) is 2.35. The summed E-state index contributed by atoms with van der Waals surface area (Å²) in [7, 11) is 0. The second-order valence-corrected chi connectivity index (χ2v) is 4.34. The Hall–Kier alpha value is -1.50. The topological polar surface area (TPSA) is 49.3 Å². The van der Waals surface area contributed by atoms with Gasteiger partial charge in [-0.15, -0.1) is 6.58 Å². The molecule has 1 atom stereocenters. The smallest absolute Gasteiger partial charge is 0.405 e. The van der Waals surface area contributed by atoms with Crippen molar-refractivity contribution < 1.29 is 23.1 Å². The normalized spacial score (nSPS) is 14.1. The van der Waals surface area contributed by atoms with Gasteiger partial charge in [-0.1, -0.05) is 22.0 Å². The Balaban J connectivity index is 3.46. The summed E-state index contributed by atoms with van der Waals surface area (Å²) in [6.07, 6.45) is -4.21. The summed E-state index contributed by atoms with van der Waals surface area (Å²) in [5.41, 5.74) is -2.98. The van der Waals surface area contributed by atoms with Crippen LogP contribution in [0.15, 0.2) is 35.3 Å². The lowest BCUT2D eigenvalue weighted by molar-refractivity contribution is 0.0533. The highest BCUT2D eigenvalue weighted by atomic mass is 79.9. The maximum atomic E-state index is 13.6. The molecule has 18 heavy (non-hydrogen) atoms. The average Bonchev–Trinajstić information content (AvgIpc) is 2.28. The zero-order valence-corrected chi connectivity index (χ0v) is 10.5. The molecule has 2 N–H and O–H groups in total. The van der Waals surface area contributed by atoms with Gasteiger partial charge in [-0.3, -0.25) is 0 Å². The van der Waals surface area contributed by atoms with E-state index in [1.807, 2.05) is 0 Å². The number of nitrogens with one attached hydrogen (secondary N) is 1. The fourth-order valence-electron chi connectivity index (χ4n) is 1.48. The van der Waals surface area contributed by atoms with E-state index >= 15 is 0 Å². The Morgan fingerprint density at radius 3 is 2.61 bits per heavy atom. The third kappa shape index (κ3) is 2.66. The first-order chi connectivity index (χ1) is 8.33. The first-order valence-corrected chi connectivity index (χ1v) is 5.51. The molecule has 0 aliphatic rings. The third-order valence-corrected chi connectivity index (χ3v) is 2.85. The van der Waals surface area contributed by atoms with E-state index < -0.39 is 29.4 Å². The predicted octanol–water partition coefficient (Wildman–Crippen LogP) is 3.50. The highest BCUT2D eigenvalue weighted by molar-refractivity contribution is 9.10. The summed E-state index contributed by atoms with van der Waals surface area (Å²) in [5, 5.41) is 10.2. The second-order valence-electron chi connectivity index (χ2n) is 3.43. The van der Waals surface area contributed by atoms with Crippen LogP contribution in [0.25, 0.3) is 0 Å². The van der Waals surface area contributed by atoms with Gasteiger partial charge in [0.2, 0.25) is 0 Å². The molecule has 0 aromatic heterocycles. The maximum absolute atomic E-state index is 13.6. The molecule has 7 heteroatoms. The molecule has 0 heterocycles. The Bertz CT molecular complexity index is 481. The first-order valence-electron chi connectivity index (χ1n) is 4.72. The fraction of sp³-hybridized carbons (Fsp3) is 0.182. The molecule has 0 saturated heterocycles. The number of carboxylic acid groups (broad SMARTS) is 1. The zero-order chi connectivity index (χ0) is 13.9. The highest BCUT2D eigenvalue weighted by Crippen LogP contribution is 2.33. The van der Waals surface area contributed by atoms with Gasteiger partial charge in [0.05, 0.1) is 0 Å². The van der Waals surface area contributed by atoms with Gasteiger partial charge in [-0.2, -0.15) is 0 Å². The summed E-state index contributed by atoms with van der Waals surface area (Å²) in [4.78, 5) is 10.6. The Morgan fingerprint density at radius 1 is 1.56 bits per heavy atom. The minimum Gasteiger partial charge on any atom is -0.465 e. The molecule has 98 valence electrons. The van der Waals surface area contributed by atoms with E-state index in [0.29, 0.717) is 10.5 Å². The molecule has 1 rings (SSSR count). The predicted molar refractivity (Wildman–Crippen MR) is 63.1 cm³/mol. The molecule has 1 aromatic rings. The van der Waals surface area contributed by atoms with Crippen molar-refractivity contribution in [1.29, 1.82) is 0 Å². The fourth-order valence-corrected chi connectivity index (χ4v) is 1.84. The summed E-state index contributed by atoms with van der Waals surface area (Å²) < 4.78 is 40.2. The van der Waals surface area contributed by atoms with E-state index in [-0.39, 0.29) is 0 Å². The minimum absolute atomic E-state index is 0.345. The van der Waals surface area contributed by atoms with Crippen LogP contribution in [-0.2, 0) is 5.54 Å². The number of hydrogen-bond donors (Lipinski definition) is 2. The van der Waals surface area contributed by atoms with Crippen LogP contribution in [-0.4, -0.2) is 17.6 Å². The van der Waals surface area contributed by atoms with Crippen LogP contribution < -0.4 is 5.32 Å². The standard InChI is InChI=1S/C11H9BrF3NO2/c1-2-11(9(14)15,16-10(17)18)7-5-6(12)3-4-8(7)13/h2-5,9,16H,1H2,(H,17,18). The van der Waals surface area contributed by atoms with Gasteiger partial charge in [0.25, 0.3) is 6.43 Å². The number of carbonyl (C=O) groups is 1. The van der Waals surface area contributed by atoms with Crippen molar-refractivity contribution in [3.8, 4) is 0 Å². The quantitative estimate of drug-likeness (QED) is 0.833. The zero-order valence-electron chi connectivity index (χ0n) is 8.96. The first kappa shape index (κ1) is 14.6. The van der Waals surface area contributed by atoms with Gasteiger partial charge in [0.1, 0.15) is 5.82 Å². The largest absolute Gasteiger partial charge is 0.465 e. The van der Waals surface area contributed by atoms with Gasteiger partial charge in [-0.25, -0.2) is 18.0 Å². The number of rotatable bonds is 4. The average molecular weight is 324 g/mol. The molecule has 0 saturated carbocycles. The number of amides is 1. The van der Waals surface area contributed by atoms with Crippen molar-refractivity contribution in [3.05, 3.63) is 46.7 Å². The summed E-state index contributed by atoms with van der Waals surface area (Å²) >= 11 is 3.01. The van der Waals surface area contributed by atoms with Crippen molar-refractivity contribution >= 4 is 22.0 Å². The van der Waals surface area contributed by atoms with Gasteiger partial charge < -0.3 is 10.4 Å². The van der Waals surface area contributed by atoms with Crippen LogP contribution in [0.4, 0.5) is 18.0 Å². The molecule has 0 aliphatic carbocycles. The minimum atomic E-state index is -3.19. The van der Waals surface area contributed by atoms with E-state index in [9.17, 15) is 18.0 Å². The maximum Gasteiger partial charge on any atom is 0.405 e. The monoisotopic (exact) mass is 323 g/mol. The Labute approximate surface area is 109 Å². The molecule has 0 fully saturated rings. The lowest BCUT2D eigenvalue weighted by Gasteiger charge is -2.30. The molecule has 0 aliphatic heterocycles. The summed E-state index contributed by atoms with van der Waals surface area (Å²) in [6, 6.07) is 3.36. The Morgan fingerprint density at radius 2 is 2.17 bits per heavy atom. The van der Waals surface area contributed by atoms with Crippen LogP contribution in [0.2, 0.25) is 0 Å². The van der Waals surface area contributed by atoms with Gasteiger partial charge in [0.15, 0.2) is 5.54 Å². The van der Waals surface area contributed by atoms with Crippen molar-refractivity contribution in [3.63, 3.8) is 0 Å². The van der Waals surface area contributed by atoms with Crippen LogP contribution in [0, 0.1) is 5.82 Å². The number of benzene rings is 1. The molecule has 0 spiro atoms. The van der Waals surface area contributed by atoms with E-state index in [2.05, 4.69) is 22.5 Å². The summed E-state index contributed by atoms with van der Waals surface area (Å²) in [5.74, 6) is -0.952. The van der Waals surface area contributed by atoms with Crippen LogP contribution in [0.5, 0.6) is 0 Å². The van der Waals surface area contributed by atoms with Crippen molar-refractivity contribution in [1.82, 2.24) is 5.32 Å². The number of hydrogen-bond acceptors (Lipinski definition) is 1.